The van der Waals surface area contributed by atoms with Crippen molar-refractivity contribution in [1.82, 2.24) is 9.88 Å². The second kappa shape index (κ2) is 8.77. The molecule has 180 valence electrons. The maximum Gasteiger partial charge on any atom is 0.239 e. The summed E-state index contributed by atoms with van der Waals surface area (Å²) in [4.78, 5) is 23.9. The first-order chi connectivity index (χ1) is 16.8. The number of ether oxygens (including phenoxy) is 1. The Hall–Kier alpha value is -3.22. The SMILES string of the molecule is C#Cc1ccc(C(F)=Cc2ccc(F)c([C@@]3(C)N=C(N)S[C@@]4(C(=O)N5CCOCC5)C[C@H]43)c2)nc1. The van der Waals surface area contributed by atoms with Gasteiger partial charge in [0, 0.05) is 36.3 Å². The molecule has 2 aliphatic heterocycles. The molecule has 1 aromatic heterocycles. The van der Waals surface area contributed by atoms with Gasteiger partial charge in [-0.25, -0.2) is 8.78 Å². The summed E-state index contributed by atoms with van der Waals surface area (Å²) < 4.78 is 34.7. The Morgan fingerprint density at radius 3 is 2.80 bits per heavy atom. The highest BCUT2D eigenvalue weighted by atomic mass is 32.2. The number of nitrogens with two attached hydrogens (primary N) is 1. The van der Waals surface area contributed by atoms with E-state index in [9.17, 15) is 9.18 Å². The van der Waals surface area contributed by atoms with Crippen LogP contribution in [0.25, 0.3) is 11.9 Å². The number of carbonyl (C=O) groups is 1. The zero-order valence-corrected chi connectivity index (χ0v) is 19.9. The lowest BCUT2D eigenvalue weighted by Crippen LogP contribution is -2.49. The number of aromatic nitrogens is 1. The molecule has 1 aromatic carbocycles. The van der Waals surface area contributed by atoms with Gasteiger partial charge in [-0.15, -0.1) is 6.42 Å². The van der Waals surface area contributed by atoms with Crippen molar-refractivity contribution in [2.24, 2.45) is 16.6 Å². The number of amides is 1. The number of nitrogens with zero attached hydrogens (tertiary/aromatic N) is 3. The Bertz CT molecular complexity index is 1280. The molecule has 6 nitrogen and oxygen atoms in total. The minimum Gasteiger partial charge on any atom is -0.378 e. The van der Waals surface area contributed by atoms with Gasteiger partial charge in [0.15, 0.2) is 5.17 Å². The fourth-order valence-corrected chi connectivity index (χ4v) is 6.40. The first-order valence-electron chi connectivity index (χ1n) is 11.3. The summed E-state index contributed by atoms with van der Waals surface area (Å²) in [5, 5.41) is 0.243. The predicted octanol–water partition coefficient (Wildman–Crippen LogP) is 3.56. The summed E-state index contributed by atoms with van der Waals surface area (Å²) in [6, 6.07) is 7.44. The summed E-state index contributed by atoms with van der Waals surface area (Å²) in [6.07, 6.45) is 8.56. The Labute approximate surface area is 206 Å². The topological polar surface area (TPSA) is 80.8 Å². The molecule has 9 heteroatoms. The van der Waals surface area contributed by atoms with Crippen LogP contribution in [0, 0.1) is 24.1 Å². The number of rotatable bonds is 4. The lowest BCUT2D eigenvalue weighted by molar-refractivity contribution is -0.135. The number of thioether (sulfide) groups is 1. The highest BCUT2D eigenvalue weighted by Crippen LogP contribution is 2.66. The maximum absolute atomic E-state index is 15.2. The number of carbonyl (C=O) groups excluding carboxylic acids is 1. The number of pyridine rings is 1. The van der Waals surface area contributed by atoms with E-state index in [0.29, 0.717) is 43.9 Å². The molecule has 3 heterocycles. The molecule has 35 heavy (non-hydrogen) atoms. The van der Waals surface area contributed by atoms with Crippen molar-refractivity contribution in [3.05, 3.63) is 64.7 Å². The second-order valence-corrected chi connectivity index (χ2v) is 10.4. The van der Waals surface area contributed by atoms with E-state index in [2.05, 4.69) is 15.9 Å². The summed E-state index contributed by atoms with van der Waals surface area (Å²) in [5.74, 6) is 1.13. The standard InChI is InChI=1S/C26H24F2N4O2S/c1-3-16-5-7-21(30-15-16)20(28)13-17-4-6-19(27)18(12-17)25(2)22-14-26(22,35-24(29)31-25)23(33)32-8-10-34-11-9-32/h1,4-7,12-13,15,22H,8-11,14H2,2H3,(H2,29,31)/t22-,25+,26-/m0/s1. The number of hydrogen-bond donors (Lipinski definition) is 1. The van der Waals surface area contributed by atoms with E-state index < -0.39 is 21.9 Å². The minimum absolute atomic E-state index is 0.0103. The highest BCUT2D eigenvalue weighted by molar-refractivity contribution is 8.15. The van der Waals surface area contributed by atoms with E-state index in [1.807, 2.05) is 0 Å². The largest absolute Gasteiger partial charge is 0.378 e. The summed E-state index contributed by atoms with van der Waals surface area (Å²) in [5.41, 5.74) is 6.51. The molecule has 3 atom stereocenters. The molecule has 1 amide bonds. The van der Waals surface area contributed by atoms with Crippen LogP contribution in [0.4, 0.5) is 8.78 Å². The van der Waals surface area contributed by atoms with Crippen molar-refractivity contribution in [3.8, 4) is 12.3 Å². The van der Waals surface area contributed by atoms with Crippen LogP contribution in [0.5, 0.6) is 0 Å². The molecule has 1 aliphatic carbocycles. The lowest BCUT2D eigenvalue weighted by atomic mass is 9.84. The monoisotopic (exact) mass is 494 g/mol. The molecule has 0 bridgehead atoms. The number of benzene rings is 1. The number of terminal acetylenes is 1. The van der Waals surface area contributed by atoms with Gasteiger partial charge in [0.05, 0.1) is 24.4 Å². The fourth-order valence-electron chi connectivity index (χ4n) is 4.95. The van der Waals surface area contributed by atoms with Crippen molar-refractivity contribution in [1.29, 1.82) is 0 Å². The first-order valence-corrected chi connectivity index (χ1v) is 12.1. The Morgan fingerprint density at radius 1 is 1.34 bits per heavy atom. The minimum atomic E-state index is -1.06. The number of morpholine rings is 1. The van der Waals surface area contributed by atoms with E-state index in [1.165, 1.54) is 42.2 Å². The van der Waals surface area contributed by atoms with E-state index in [0.717, 1.165) is 0 Å². The smallest absolute Gasteiger partial charge is 0.239 e. The third-order valence-electron chi connectivity index (χ3n) is 6.88. The third kappa shape index (κ3) is 4.11. The van der Waals surface area contributed by atoms with Gasteiger partial charge in [-0.05, 0) is 49.2 Å². The van der Waals surface area contributed by atoms with Crippen molar-refractivity contribution in [3.63, 3.8) is 0 Å². The fraction of sp³-hybridized carbons (Fsp3) is 0.346. The summed E-state index contributed by atoms with van der Waals surface area (Å²) in [7, 11) is 0. The summed E-state index contributed by atoms with van der Waals surface area (Å²) in [6.45, 7) is 3.82. The molecule has 2 aromatic rings. The normalized spacial score (nSPS) is 28.1. The van der Waals surface area contributed by atoms with Gasteiger partial charge < -0.3 is 15.4 Å². The van der Waals surface area contributed by atoms with E-state index in [4.69, 9.17) is 16.9 Å². The second-order valence-electron chi connectivity index (χ2n) is 9.06. The molecule has 2 fully saturated rings. The lowest BCUT2D eigenvalue weighted by Gasteiger charge is -2.36. The van der Waals surface area contributed by atoms with Crippen LogP contribution < -0.4 is 5.73 Å². The van der Waals surface area contributed by atoms with Crippen LogP contribution in [-0.2, 0) is 15.1 Å². The summed E-state index contributed by atoms with van der Waals surface area (Å²) >= 11 is 1.26. The zero-order valence-electron chi connectivity index (χ0n) is 19.1. The number of fused-ring (bicyclic) bond motifs is 1. The van der Waals surface area contributed by atoms with Gasteiger partial charge in [0.1, 0.15) is 16.4 Å². The molecule has 2 N–H and O–H groups in total. The zero-order chi connectivity index (χ0) is 24.8. The van der Waals surface area contributed by atoms with Crippen molar-refractivity contribution in [2.45, 2.75) is 23.6 Å². The van der Waals surface area contributed by atoms with Gasteiger partial charge in [0.2, 0.25) is 5.91 Å². The number of halogens is 2. The van der Waals surface area contributed by atoms with Crippen LogP contribution in [-0.4, -0.2) is 52.0 Å². The van der Waals surface area contributed by atoms with E-state index in [1.54, 1.807) is 24.0 Å². The Kier molecular flexibility index (Phi) is 5.90. The first kappa shape index (κ1) is 23.5. The van der Waals surface area contributed by atoms with E-state index in [-0.39, 0.29) is 28.3 Å². The van der Waals surface area contributed by atoms with Gasteiger partial charge in [-0.3, -0.25) is 14.8 Å². The van der Waals surface area contributed by atoms with E-state index >= 15 is 4.39 Å². The van der Waals surface area contributed by atoms with Gasteiger partial charge >= 0.3 is 0 Å². The molecule has 0 unspecified atom stereocenters. The van der Waals surface area contributed by atoms with Crippen LogP contribution in [0.1, 0.15) is 35.7 Å². The van der Waals surface area contributed by atoms with Gasteiger partial charge in [-0.2, -0.15) is 0 Å². The molecular weight excluding hydrogens is 470 g/mol. The average Bonchev–Trinajstić information content (AvgIpc) is 3.62. The predicted molar refractivity (Wildman–Crippen MR) is 132 cm³/mol. The third-order valence-corrected chi connectivity index (χ3v) is 8.17. The van der Waals surface area contributed by atoms with Gasteiger partial charge in [-0.1, -0.05) is 23.7 Å². The van der Waals surface area contributed by atoms with Crippen LogP contribution in [0.2, 0.25) is 0 Å². The van der Waals surface area contributed by atoms with Crippen LogP contribution in [0.15, 0.2) is 41.5 Å². The molecule has 5 rings (SSSR count). The quantitative estimate of drug-likeness (QED) is 0.658. The van der Waals surface area contributed by atoms with Crippen LogP contribution >= 0.6 is 11.8 Å². The van der Waals surface area contributed by atoms with Gasteiger partial charge in [0.25, 0.3) is 0 Å². The molecule has 0 spiro atoms. The number of amidine groups is 1. The molecule has 3 aliphatic rings. The Morgan fingerprint density at radius 2 is 2.11 bits per heavy atom. The Balaban J connectivity index is 1.47. The maximum atomic E-state index is 15.2. The average molecular weight is 495 g/mol. The van der Waals surface area contributed by atoms with Crippen LogP contribution in [0.3, 0.4) is 0 Å². The van der Waals surface area contributed by atoms with Crippen molar-refractivity contribution >= 4 is 34.7 Å². The van der Waals surface area contributed by atoms with Crippen molar-refractivity contribution < 1.29 is 18.3 Å². The molecular formula is C26H24F2N4O2S. The van der Waals surface area contributed by atoms with Crippen molar-refractivity contribution in [2.75, 3.05) is 26.3 Å². The number of aliphatic imine (C=N–C) groups is 1. The molecule has 1 saturated heterocycles. The molecule has 1 saturated carbocycles. The number of hydrogen-bond acceptors (Lipinski definition) is 6. The molecule has 0 radical (unpaired) electrons. The highest BCUT2D eigenvalue weighted by Gasteiger charge is 2.71.